The molecular weight excluding hydrogens is 320 g/mol. The van der Waals surface area contributed by atoms with Gasteiger partial charge in [0.2, 0.25) is 0 Å². The minimum Gasteiger partial charge on any atom is -0.507 e. The summed E-state index contributed by atoms with van der Waals surface area (Å²) in [6.45, 7) is 12.1. The van der Waals surface area contributed by atoms with Crippen LogP contribution >= 0.6 is 0 Å². The number of ether oxygens (including phenoxy) is 2. The zero-order valence-corrected chi connectivity index (χ0v) is 16.5. The number of phenols is 1. The van der Waals surface area contributed by atoms with Crippen molar-refractivity contribution >= 4 is 11.9 Å². The fourth-order valence-electron chi connectivity index (χ4n) is 2.74. The van der Waals surface area contributed by atoms with Gasteiger partial charge in [0, 0.05) is 0 Å². The Morgan fingerprint density at radius 2 is 1.28 bits per heavy atom. The summed E-state index contributed by atoms with van der Waals surface area (Å²) in [6.07, 6.45) is 0.159. The van der Waals surface area contributed by atoms with Crippen LogP contribution in [-0.4, -0.2) is 31.3 Å². The molecular formula is C20H30O5. The highest BCUT2D eigenvalue weighted by atomic mass is 16.5. The minimum absolute atomic E-state index is 0.159. The van der Waals surface area contributed by atoms with Gasteiger partial charge in [0.05, 0.1) is 14.2 Å². The molecule has 0 aliphatic heterocycles. The number of methoxy groups -OCH3 is 2. The fraction of sp³-hybridized carbons (Fsp3) is 0.600. The van der Waals surface area contributed by atoms with Crippen molar-refractivity contribution in [1.29, 1.82) is 0 Å². The van der Waals surface area contributed by atoms with Crippen LogP contribution in [0.1, 0.15) is 58.2 Å². The molecule has 0 aliphatic carbocycles. The molecule has 0 saturated heterocycles. The summed E-state index contributed by atoms with van der Waals surface area (Å²) in [7, 11) is 2.49. The Hall–Kier alpha value is -2.04. The van der Waals surface area contributed by atoms with Crippen molar-refractivity contribution in [2.45, 2.75) is 58.8 Å². The maximum atomic E-state index is 12.0. The van der Waals surface area contributed by atoms with Crippen LogP contribution < -0.4 is 0 Å². The van der Waals surface area contributed by atoms with Crippen LogP contribution in [0, 0.1) is 5.92 Å². The smallest absolute Gasteiger partial charge is 0.320 e. The molecule has 1 rings (SSSR count). The molecule has 0 heterocycles. The van der Waals surface area contributed by atoms with Crippen molar-refractivity contribution in [2.24, 2.45) is 5.92 Å². The number of aromatic hydroxyl groups is 1. The fourth-order valence-corrected chi connectivity index (χ4v) is 2.74. The molecule has 0 fully saturated rings. The zero-order chi connectivity index (χ0) is 19.6. The normalized spacial score (nSPS) is 12.2. The average Bonchev–Trinajstić information content (AvgIpc) is 2.49. The number of rotatable bonds is 4. The highest BCUT2D eigenvalue weighted by Gasteiger charge is 2.31. The molecule has 140 valence electrons. The van der Waals surface area contributed by atoms with Crippen LogP contribution in [0.3, 0.4) is 0 Å². The lowest BCUT2D eigenvalue weighted by molar-refractivity contribution is -0.158. The van der Waals surface area contributed by atoms with Crippen LogP contribution in [0.2, 0.25) is 0 Å². The Bertz CT molecular complexity index is 596. The molecule has 0 spiro atoms. The summed E-state index contributed by atoms with van der Waals surface area (Å²) in [5.74, 6) is -2.03. The van der Waals surface area contributed by atoms with Crippen molar-refractivity contribution in [3.8, 4) is 5.75 Å². The topological polar surface area (TPSA) is 72.8 Å². The largest absolute Gasteiger partial charge is 0.507 e. The molecule has 0 bridgehead atoms. The van der Waals surface area contributed by atoms with Crippen LogP contribution in [0.4, 0.5) is 0 Å². The molecule has 0 radical (unpaired) electrons. The number of carbonyl (C=O) groups is 2. The summed E-state index contributed by atoms with van der Waals surface area (Å²) >= 11 is 0. The van der Waals surface area contributed by atoms with Crippen LogP contribution in [-0.2, 0) is 36.3 Å². The van der Waals surface area contributed by atoms with E-state index in [1.54, 1.807) is 0 Å². The molecule has 0 amide bonds. The van der Waals surface area contributed by atoms with Crippen molar-refractivity contribution in [3.05, 3.63) is 28.8 Å². The van der Waals surface area contributed by atoms with Gasteiger partial charge in [-0.05, 0) is 33.9 Å². The van der Waals surface area contributed by atoms with E-state index in [2.05, 4.69) is 0 Å². The van der Waals surface area contributed by atoms with Crippen molar-refractivity contribution < 1.29 is 24.2 Å². The van der Waals surface area contributed by atoms with Gasteiger partial charge in [-0.25, -0.2) is 0 Å². The Kier molecular flexibility index (Phi) is 6.27. The minimum atomic E-state index is -1.03. The lowest BCUT2D eigenvalue weighted by Gasteiger charge is -2.28. The highest BCUT2D eigenvalue weighted by molar-refractivity contribution is 5.95. The maximum Gasteiger partial charge on any atom is 0.320 e. The van der Waals surface area contributed by atoms with Gasteiger partial charge in [-0.1, -0.05) is 53.7 Å². The number of carbonyl (C=O) groups excluding carboxylic acids is 2. The van der Waals surface area contributed by atoms with Gasteiger partial charge in [0.1, 0.15) is 5.75 Å². The van der Waals surface area contributed by atoms with E-state index < -0.39 is 17.9 Å². The second-order valence-corrected chi connectivity index (χ2v) is 8.34. The van der Waals surface area contributed by atoms with Crippen molar-refractivity contribution in [2.75, 3.05) is 14.2 Å². The first-order valence-electron chi connectivity index (χ1n) is 8.35. The summed E-state index contributed by atoms with van der Waals surface area (Å²) in [5.41, 5.74) is 1.78. The quantitative estimate of drug-likeness (QED) is 0.665. The first-order valence-corrected chi connectivity index (χ1v) is 8.35. The molecule has 5 heteroatoms. The first kappa shape index (κ1) is 21.0. The van der Waals surface area contributed by atoms with E-state index >= 15 is 0 Å². The number of esters is 2. The van der Waals surface area contributed by atoms with Gasteiger partial charge in [0.15, 0.2) is 5.92 Å². The van der Waals surface area contributed by atoms with Gasteiger partial charge in [0.25, 0.3) is 0 Å². The summed E-state index contributed by atoms with van der Waals surface area (Å²) in [4.78, 5) is 23.9. The van der Waals surface area contributed by atoms with Crippen LogP contribution in [0.15, 0.2) is 12.1 Å². The van der Waals surface area contributed by atoms with Gasteiger partial charge >= 0.3 is 11.9 Å². The monoisotopic (exact) mass is 350 g/mol. The SMILES string of the molecule is COC(=O)C(Cc1cc(C(C)(C)C)c(O)c(C(C)(C)C)c1)C(=O)OC. The second-order valence-electron chi connectivity index (χ2n) is 8.34. The summed E-state index contributed by atoms with van der Waals surface area (Å²) in [5, 5.41) is 10.7. The molecule has 5 nitrogen and oxygen atoms in total. The van der Waals surface area contributed by atoms with Crippen LogP contribution in [0.25, 0.3) is 0 Å². The Labute approximate surface area is 150 Å². The van der Waals surface area contributed by atoms with E-state index in [-0.39, 0.29) is 23.0 Å². The number of phenolic OH excluding ortho intramolecular Hbond substituents is 1. The molecule has 0 saturated carbocycles. The second kappa shape index (κ2) is 7.46. The predicted molar refractivity (Wildman–Crippen MR) is 96.7 cm³/mol. The third-order valence-corrected chi connectivity index (χ3v) is 4.20. The van der Waals surface area contributed by atoms with E-state index in [1.807, 2.05) is 53.7 Å². The van der Waals surface area contributed by atoms with Gasteiger partial charge in [-0.2, -0.15) is 0 Å². The molecule has 25 heavy (non-hydrogen) atoms. The van der Waals surface area contributed by atoms with E-state index in [4.69, 9.17) is 9.47 Å². The molecule has 1 aromatic rings. The standard InChI is InChI=1S/C20H30O5/c1-19(2,3)14-10-12(11-15(16(14)21)20(4,5)6)9-13(17(22)24-7)18(23)25-8/h10-11,13,21H,9H2,1-8H3. The lowest BCUT2D eigenvalue weighted by Crippen LogP contribution is -2.29. The third kappa shape index (κ3) is 4.97. The van der Waals surface area contributed by atoms with E-state index in [9.17, 15) is 14.7 Å². The number of benzene rings is 1. The van der Waals surface area contributed by atoms with Gasteiger partial charge in [-0.3, -0.25) is 9.59 Å². The van der Waals surface area contributed by atoms with E-state index in [1.165, 1.54) is 14.2 Å². The van der Waals surface area contributed by atoms with Crippen LogP contribution in [0.5, 0.6) is 5.75 Å². The summed E-state index contributed by atoms with van der Waals surface area (Å²) in [6, 6.07) is 3.70. The van der Waals surface area contributed by atoms with E-state index in [0.717, 1.165) is 16.7 Å². The third-order valence-electron chi connectivity index (χ3n) is 4.20. The van der Waals surface area contributed by atoms with Crippen molar-refractivity contribution in [1.82, 2.24) is 0 Å². The van der Waals surface area contributed by atoms with Gasteiger partial charge < -0.3 is 14.6 Å². The lowest BCUT2D eigenvalue weighted by atomic mass is 9.77. The highest BCUT2D eigenvalue weighted by Crippen LogP contribution is 2.40. The van der Waals surface area contributed by atoms with E-state index in [0.29, 0.717) is 0 Å². The molecule has 0 unspecified atom stereocenters. The molecule has 0 aliphatic rings. The molecule has 1 N–H and O–H groups in total. The number of hydrogen-bond donors (Lipinski definition) is 1. The van der Waals surface area contributed by atoms with Crippen molar-refractivity contribution in [3.63, 3.8) is 0 Å². The molecule has 0 aromatic heterocycles. The zero-order valence-electron chi connectivity index (χ0n) is 16.5. The molecule has 1 aromatic carbocycles. The summed E-state index contributed by atoms with van der Waals surface area (Å²) < 4.78 is 9.47. The number of hydrogen-bond acceptors (Lipinski definition) is 5. The molecule has 0 atom stereocenters. The Morgan fingerprint density at radius 3 is 1.56 bits per heavy atom. The maximum absolute atomic E-state index is 12.0. The first-order chi connectivity index (χ1) is 11.3. The Morgan fingerprint density at radius 1 is 0.920 bits per heavy atom. The average molecular weight is 350 g/mol. The predicted octanol–water partition coefficient (Wildman–Crippen LogP) is 3.49. The van der Waals surface area contributed by atoms with Gasteiger partial charge in [-0.15, -0.1) is 0 Å². The Balaban J connectivity index is 3.49.